The van der Waals surface area contributed by atoms with E-state index in [1.165, 1.54) is 0 Å². The maximum Gasteiger partial charge on any atom is 0.395 e. The predicted octanol–water partition coefficient (Wildman–Crippen LogP) is 2.10. The Morgan fingerprint density at radius 2 is 1.78 bits per heavy atom. The van der Waals surface area contributed by atoms with Gasteiger partial charge in [-0.3, -0.25) is 4.79 Å². The van der Waals surface area contributed by atoms with Crippen molar-refractivity contribution in [3.05, 3.63) is 17.6 Å². The predicted molar refractivity (Wildman–Crippen MR) is 91.2 cm³/mol. The summed E-state index contributed by atoms with van der Waals surface area (Å²) in [6.45, 7) is 5.58. The lowest BCUT2D eigenvalue weighted by molar-refractivity contribution is -0.199. The Kier molecular flexibility index (Phi) is 4.52. The monoisotopic (exact) mass is 384 g/mol. The minimum Gasteiger partial charge on any atom is -0.373 e. The van der Waals surface area contributed by atoms with Gasteiger partial charge in [0.1, 0.15) is 11.6 Å². The molecule has 1 aromatic heterocycles. The number of nitrogens with zero attached hydrogens (tertiary/aromatic N) is 4. The van der Waals surface area contributed by atoms with Crippen molar-refractivity contribution in [3.8, 4) is 0 Å². The van der Waals surface area contributed by atoms with Crippen LogP contribution in [0.15, 0.2) is 6.07 Å². The molecule has 0 radical (unpaired) electrons. The zero-order valence-electron chi connectivity index (χ0n) is 15.4. The summed E-state index contributed by atoms with van der Waals surface area (Å²) in [4.78, 5) is 25.2. The minimum absolute atomic E-state index is 0.388. The van der Waals surface area contributed by atoms with Crippen LogP contribution in [0.3, 0.4) is 0 Å². The Balaban J connectivity index is 1.44. The Hall–Kier alpha value is -1.90. The second-order valence-corrected chi connectivity index (χ2v) is 7.61. The second-order valence-electron chi connectivity index (χ2n) is 7.61. The fraction of sp³-hybridized carbons (Fsp3) is 0.722. The van der Waals surface area contributed by atoms with Crippen molar-refractivity contribution >= 4 is 11.7 Å². The molecule has 4 unspecified atom stereocenters. The Labute approximate surface area is 155 Å². The van der Waals surface area contributed by atoms with Gasteiger partial charge in [-0.2, -0.15) is 13.2 Å². The number of fused-ring (bicyclic) bond motifs is 2. The van der Waals surface area contributed by atoms with Gasteiger partial charge in [-0.05, 0) is 26.7 Å². The molecule has 1 aromatic rings. The van der Waals surface area contributed by atoms with Crippen LogP contribution in [-0.2, 0) is 9.53 Å². The second kappa shape index (κ2) is 6.61. The van der Waals surface area contributed by atoms with Crippen LogP contribution in [0.1, 0.15) is 24.4 Å². The normalized spacial score (nSPS) is 30.9. The summed E-state index contributed by atoms with van der Waals surface area (Å²) in [6.07, 6.45) is -4.94. The molecule has 3 aliphatic heterocycles. The molecule has 0 spiro atoms. The molecule has 0 aliphatic carbocycles. The molecule has 3 saturated heterocycles. The largest absolute Gasteiger partial charge is 0.395 e. The van der Waals surface area contributed by atoms with Crippen molar-refractivity contribution in [1.82, 2.24) is 14.9 Å². The van der Waals surface area contributed by atoms with E-state index < -0.39 is 36.1 Å². The van der Waals surface area contributed by atoms with Crippen LogP contribution < -0.4 is 4.90 Å². The molecular weight excluding hydrogens is 361 g/mol. The molecular formula is C18H23F3N4O2. The van der Waals surface area contributed by atoms with Crippen molar-refractivity contribution in [2.24, 2.45) is 11.8 Å². The molecule has 4 atom stereocenters. The van der Waals surface area contributed by atoms with Gasteiger partial charge >= 0.3 is 6.18 Å². The number of rotatable bonds is 2. The summed E-state index contributed by atoms with van der Waals surface area (Å²) in [5, 5.41) is 0. The quantitative estimate of drug-likeness (QED) is 0.782. The molecule has 0 saturated carbocycles. The van der Waals surface area contributed by atoms with Gasteiger partial charge in [0.2, 0.25) is 5.91 Å². The van der Waals surface area contributed by atoms with Gasteiger partial charge < -0.3 is 14.5 Å². The SMILES string of the molecule is Cc1cc(N2CCN(C(=O)C3C4CCC(O4)C3C(F)(F)F)CC2)nc(C)n1. The number of anilines is 1. The van der Waals surface area contributed by atoms with Crippen LogP contribution in [0, 0.1) is 25.7 Å². The number of carbonyl (C=O) groups excluding carboxylic acids is 1. The third-order valence-corrected chi connectivity index (χ3v) is 5.80. The van der Waals surface area contributed by atoms with Crippen LogP contribution in [0.2, 0.25) is 0 Å². The third-order valence-electron chi connectivity index (χ3n) is 5.80. The van der Waals surface area contributed by atoms with Gasteiger partial charge in [-0.25, -0.2) is 9.97 Å². The summed E-state index contributed by atoms with van der Waals surface area (Å²) in [5.41, 5.74) is 0.864. The first-order valence-corrected chi connectivity index (χ1v) is 9.32. The van der Waals surface area contributed by atoms with Crippen LogP contribution in [0.5, 0.6) is 0 Å². The average Bonchev–Trinajstić information content (AvgIpc) is 3.21. The molecule has 3 fully saturated rings. The highest BCUT2D eigenvalue weighted by Crippen LogP contribution is 2.51. The number of piperazine rings is 1. The molecule has 4 rings (SSSR count). The number of amides is 1. The van der Waals surface area contributed by atoms with E-state index in [1.807, 2.05) is 24.8 Å². The van der Waals surface area contributed by atoms with Crippen molar-refractivity contribution < 1.29 is 22.7 Å². The van der Waals surface area contributed by atoms with E-state index in [0.717, 1.165) is 11.5 Å². The molecule has 9 heteroatoms. The van der Waals surface area contributed by atoms with E-state index in [-0.39, 0.29) is 0 Å². The molecule has 1 amide bonds. The lowest BCUT2D eigenvalue weighted by Crippen LogP contribution is -2.54. The lowest BCUT2D eigenvalue weighted by atomic mass is 9.78. The van der Waals surface area contributed by atoms with Gasteiger partial charge in [0.25, 0.3) is 0 Å². The number of alkyl halides is 3. The summed E-state index contributed by atoms with van der Waals surface area (Å²) in [5.74, 6) is -1.72. The van der Waals surface area contributed by atoms with E-state index in [0.29, 0.717) is 44.8 Å². The van der Waals surface area contributed by atoms with Crippen LogP contribution in [0.25, 0.3) is 0 Å². The number of aromatic nitrogens is 2. The van der Waals surface area contributed by atoms with E-state index in [9.17, 15) is 18.0 Å². The standard InChI is InChI=1S/C18H23F3N4O2/c1-10-9-14(23-11(2)22-10)24-5-7-25(8-6-24)17(26)15-12-3-4-13(27-12)16(15)18(19,20)21/h9,12-13,15-16H,3-8H2,1-2H3. The third kappa shape index (κ3) is 3.37. The lowest BCUT2D eigenvalue weighted by Gasteiger charge is -2.39. The number of ether oxygens (including phenoxy) is 1. The van der Waals surface area contributed by atoms with Crippen molar-refractivity contribution in [2.45, 2.75) is 45.1 Å². The van der Waals surface area contributed by atoms with Crippen LogP contribution in [-0.4, -0.2) is 65.3 Å². The van der Waals surface area contributed by atoms with Crippen molar-refractivity contribution in [3.63, 3.8) is 0 Å². The van der Waals surface area contributed by atoms with Gasteiger partial charge in [0.05, 0.1) is 24.0 Å². The van der Waals surface area contributed by atoms with E-state index in [2.05, 4.69) is 9.97 Å². The first-order valence-electron chi connectivity index (χ1n) is 9.32. The topological polar surface area (TPSA) is 58.6 Å². The number of halogens is 3. The first-order chi connectivity index (χ1) is 12.7. The van der Waals surface area contributed by atoms with E-state index in [4.69, 9.17) is 4.74 Å². The van der Waals surface area contributed by atoms with Crippen molar-refractivity contribution in [1.29, 1.82) is 0 Å². The summed E-state index contributed by atoms with van der Waals surface area (Å²) >= 11 is 0. The first kappa shape index (κ1) is 18.5. The molecule has 3 aliphatic rings. The van der Waals surface area contributed by atoms with Gasteiger partial charge in [-0.1, -0.05) is 0 Å². The highest BCUT2D eigenvalue weighted by atomic mass is 19.4. The fourth-order valence-corrected chi connectivity index (χ4v) is 4.63. The molecule has 2 bridgehead atoms. The molecule has 0 aromatic carbocycles. The number of carbonyl (C=O) groups is 1. The maximum absolute atomic E-state index is 13.5. The minimum atomic E-state index is -4.40. The maximum atomic E-state index is 13.5. The summed E-state index contributed by atoms with van der Waals surface area (Å²) < 4.78 is 45.9. The fourth-order valence-electron chi connectivity index (χ4n) is 4.63. The summed E-state index contributed by atoms with van der Waals surface area (Å²) in [6, 6.07) is 1.88. The average molecular weight is 384 g/mol. The van der Waals surface area contributed by atoms with Gasteiger partial charge in [0.15, 0.2) is 0 Å². The Morgan fingerprint density at radius 3 is 2.41 bits per heavy atom. The van der Waals surface area contributed by atoms with Crippen LogP contribution >= 0.6 is 0 Å². The molecule has 27 heavy (non-hydrogen) atoms. The zero-order chi connectivity index (χ0) is 19.3. The Bertz CT molecular complexity index is 714. The van der Waals surface area contributed by atoms with Gasteiger partial charge in [0, 0.05) is 37.9 Å². The van der Waals surface area contributed by atoms with Crippen LogP contribution in [0.4, 0.5) is 19.0 Å². The number of hydrogen-bond donors (Lipinski definition) is 0. The number of hydrogen-bond acceptors (Lipinski definition) is 5. The molecule has 148 valence electrons. The van der Waals surface area contributed by atoms with E-state index in [1.54, 1.807) is 4.90 Å². The molecule has 0 N–H and O–H groups in total. The van der Waals surface area contributed by atoms with E-state index >= 15 is 0 Å². The van der Waals surface area contributed by atoms with Crippen molar-refractivity contribution in [2.75, 3.05) is 31.1 Å². The van der Waals surface area contributed by atoms with Gasteiger partial charge in [-0.15, -0.1) is 0 Å². The summed E-state index contributed by atoms with van der Waals surface area (Å²) in [7, 11) is 0. The Morgan fingerprint density at radius 1 is 1.11 bits per heavy atom. The highest BCUT2D eigenvalue weighted by Gasteiger charge is 2.63. The highest BCUT2D eigenvalue weighted by molar-refractivity contribution is 5.81. The molecule has 4 heterocycles. The number of aryl methyl sites for hydroxylation is 2. The molecule has 6 nitrogen and oxygen atoms in total. The smallest absolute Gasteiger partial charge is 0.373 e. The zero-order valence-corrected chi connectivity index (χ0v) is 15.4.